The third kappa shape index (κ3) is 3.05. The van der Waals surface area contributed by atoms with Crippen LogP contribution in [0.4, 0.5) is 5.69 Å². The summed E-state index contributed by atoms with van der Waals surface area (Å²) in [4.78, 5) is 1.32. The lowest BCUT2D eigenvalue weighted by Gasteiger charge is -2.08. The zero-order chi connectivity index (χ0) is 12.3. The highest BCUT2D eigenvalue weighted by molar-refractivity contribution is 9.10. The predicted octanol–water partition coefficient (Wildman–Crippen LogP) is 4.63. The quantitative estimate of drug-likeness (QED) is 0.661. The molecule has 3 heteroatoms. The molecule has 2 aromatic rings. The van der Waals surface area contributed by atoms with E-state index in [9.17, 15) is 0 Å². The molecule has 0 saturated heterocycles. The van der Waals surface area contributed by atoms with E-state index in [-0.39, 0.29) is 0 Å². The van der Waals surface area contributed by atoms with Gasteiger partial charge in [0.05, 0.1) is 0 Å². The molecule has 88 valence electrons. The number of hydrogen-bond acceptors (Lipinski definition) is 2. The van der Waals surface area contributed by atoms with Gasteiger partial charge >= 0.3 is 0 Å². The lowest BCUT2D eigenvalue weighted by atomic mass is 10.2. The smallest absolute Gasteiger partial charge is 0.0461 e. The molecule has 0 radical (unpaired) electrons. The number of anilines is 1. The molecule has 2 N–H and O–H groups in total. The van der Waals surface area contributed by atoms with Gasteiger partial charge in [-0.3, -0.25) is 0 Å². The van der Waals surface area contributed by atoms with Crippen molar-refractivity contribution in [1.82, 2.24) is 0 Å². The fraction of sp³-hybridized carbons (Fsp3) is 0.143. The van der Waals surface area contributed by atoms with Crippen LogP contribution in [0.3, 0.4) is 0 Å². The maximum Gasteiger partial charge on any atom is 0.0461 e. The fourth-order valence-corrected chi connectivity index (χ4v) is 3.20. The number of nitrogen functional groups attached to an aromatic ring is 1. The van der Waals surface area contributed by atoms with Crippen molar-refractivity contribution in [3.8, 4) is 0 Å². The maximum atomic E-state index is 5.86. The van der Waals surface area contributed by atoms with Gasteiger partial charge in [-0.25, -0.2) is 0 Å². The highest BCUT2D eigenvalue weighted by Gasteiger charge is 2.04. The van der Waals surface area contributed by atoms with Gasteiger partial charge in [0.15, 0.2) is 0 Å². The van der Waals surface area contributed by atoms with Gasteiger partial charge in [-0.2, -0.15) is 0 Å². The first-order valence-corrected chi connectivity index (χ1v) is 7.17. The summed E-state index contributed by atoms with van der Waals surface area (Å²) in [6, 6.07) is 14.4. The molecule has 0 aliphatic rings. The molecule has 2 rings (SSSR count). The Kier molecular flexibility index (Phi) is 4.13. The summed E-state index contributed by atoms with van der Waals surface area (Å²) in [5.41, 5.74) is 9.21. The van der Waals surface area contributed by atoms with E-state index in [1.807, 2.05) is 23.9 Å². The second kappa shape index (κ2) is 5.61. The van der Waals surface area contributed by atoms with Gasteiger partial charge in [0, 0.05) is 20.8 Å². The van der Waals surface area contributed by atoms with E-state index in [0.29, 0.717) is 0 Å². The zero-order valence-corrected chi connectivity index (χ0v) is 12.0. The number of hydrogen-bond donors (Lipinski definition) is 1. The Labute approximate surface area is 115 Å². The van der Waals surface area contributed by atoms with Crippen molar-refractivity contribution < 1.29 is 0 Å². The molecular formula is C14H14BrNS. The second-order valence-electron chi connectivity index (χ2n) is 3.87. The van der Waals surface area contributed by atoms with Crippen LogP contribution in [0.5, 0.6) is 0 Å². The van der Waals surface area contributed by atoms with Gasteiger partial charge in [-0.05, 0) is 46.1 Å². The van der Waals surface area contributed by atoms with Crippen LogP contribution in [0.1, 0.15) is 11.1 Å². The molecular weight excluding hydrogens is 294 g/mol. The van der Waals surface area contributed by atoms with E-state index < -0.39 is 0 Å². The highest BCUT2D eigenvalue weighted by atomic mass is 79.9. The van der Waals surface area contributed by atoms with Gasteiger partial charge in [-0.15, -0.1) is 11.8 Å². The van der Waals surface area contributed by atoms with Gasteiger partial charge in [0.2, 0.25) is 0 Å². The van der Waals surface area contributed by atoms with E-state index in [1.54, 1.807) is 0 Å². The summed E-state index contributed by atoms with van der Waals surface area (Å²) in [7, 11) is 0. The molecule has 0 aromatic heterocycles. The second-order valence-corrected chi connectivity index (χ2v) is 5.68. The molecule has 0 saturated carbocycles. The van der Waals surface area contributed by atoms with Gasteiger partial charge in [-0.1, -0.05) is 30.3 Å². The normalized spacial score (nSPS) is 10.5. The molecule has 0 atom stereocenters. The predicted molar refractivity (Wildman–Crippen MR) is 79.3 cm³/mol. The Morgan fingerprint density at radius 1 is 1.12 bits per heavy atom. The zero-order valence-electron chi connectivity index (χ0n) is 9.61. The number of benzene rings is 2. The third-order valence-corrected chi connectivity index (χ3v) is 4.78. The topological polar surface area (TPSA) is 26.0 Å². The number of halogens is 1. The number of rotatable bonds is 3. The first-order valence-electron chi connectivity index (χ1n) is 5.40. The average Bonchev–Trinajstić information content (AvgIpc) is 2.33. The SMILES string of the molecule is Cc1ccccc1SCc1cccc(N)c1Br. The summed E-state index contributed by atoms with van der Waals surface area (Å²) >= 11 is 5.37. The molecule has 2 aromatic carbocycles. The van der Waals surface area contributed by atoms with Crippen LogP contribution in [-0.2, 0) is 5.75 Å². The van der Waals surface area contributed by atoms with Gasteiger partial charge in [0.25, 0.3) is 0 Å². The first kappa shape index (κ1) is 12.5. The third-order valence-electron chi connectivity index (χ3n) is 2.59. The van der Waals surface area contributed by atoms with Crippen molar-refractivity contribution >= 4 is 33.4 Å². The molecule has 0 bridgehead atoms. The van der Waals surface area contributed by atoms with Gasteiger partial charge < -0.3 is 5.73 Å². The van der Waals surface area contributed by atoms with Crippen molar-refractivity contribution in [2.24, 2.45) is 0 Å². The average molecular weight is 308 g/mol. The standard InChI is InChI=1S/C14H14BrNS/c1-10-5-2-3-8-13(10)17-9-11-6-4-7-12(16)14(11)15/h2-8H,9,16H2,1H3. The van der Waals surface area contributed by atoms with Crippen LogP contribution in [0.25, 0.3) is 0 Å². The Balaban J connectivity index is 2.13. The fourth-order valence-electron chi connectivity index (χ4n) is 1.59. The summed E-state index contributed by atoms with van der Waals surface area (Å²) in [5, 5.41) is 0. The summed E-state index contributed by atoms with van der Waals surface area (Å²) in [6.45, 7) is 2.14. The maximum absolute atomic E-state index is 5.86. The van der Waals surface area contributed by atoms with E-state index in [4.69, 9.17) is 5.73 Å². The Morgan fingerprint density at radius 2 is 1.88 bits per heavy atom. The summed E-state index contributed by atoms with van der Waals surface area (Å²) in [6.07, 6.45) is 0. The monoisotopic (exact) mass is 307 g/mol. The van der Waals surface area contributed by atoms with Crippen LogP contribution < -0.4 is 5.73 Å². The molecule has 17 heavy (non-hydrogen) atoms. The minimum atomic E-state index is 0.799. The van der Waals surface area contributed by atoms with Crippen molar-refractivity contribution in [1.29, 1.82) is 0 Å². The lowest BCUT2D eigenvalue weighted by molar-refractivity contribution is 1.28. The molecule has 1 nitrogen and oxygen atoms in total. The van der Waals surface area contributed by atoms with E-state index in [2.05, 4.69) is 53.2 Å². The Morgan fingerprint density at radius 3 is 2.65 bits per heavy atom. The summed E-state index contributed by atoms with van der Waals surface area (Å²) in [5.74, 6) is 0.927. The van der Waals surface area contributed by atoms with Crippen LogP contribution in [0.2, 0.25) is 0 Å². The first-order chi connectivity index (χ1) is 8.18. The van der Waals surface area contributed by atoms with Crippen molar-refractivity contribution in [3.63, 3.8) is 0 Å². The van der Waals surface area contributed by atoms with Crippen molar-refractivity contribution in [2.45, 2.75) is 17.6 Å². The van der Waals surface area contributed by atoms with Crippen LogP contribution in [0, 0.1) is 6.92 Å². The largest absolute Gasteiger partial charge is 0.398 e. The van der Waals surface area contributed by atoms with Crippen molar-refractivity contribution in [3.05, 3.63) is 58.1 Å². The molecule has 0 unspecified atom stereocenters. The highest BCUT2D eigenvalue weighted by Crippen LogP contribution is 2.31. The molecule has 0 aliphatic carbocycles. The van der Waals surface area contributed by atoms with E-state index in [0.717, 1.165) is 15.9 Å². The Hall–Kier alpha value is -0.930. The van der Waals surface area contributed by atoms with Crippen molar-refractivity contribution in [2.75, 3.05) is 5.73 Å². The molecule has 0 aliphatic heterocycles. The Bertz CT molecular complexity index is 525. The minimum Gasteiger partial charge on any atom is -0.398 e. The van der Waals surface area contributed by atoms with E-state index >= 15 is 0 Å². The molecule has 0 amide bonds. The molecule has 0 fully saturated rings. The molecule has 0 spiro atoms. The minimum absolute atomic E-state index is 0.799. The van der Waals surface area contributed by atoms with Crippen LogP contribution in [-0.4, -0.2) is 0 Å². The van der Waals surface area contributed by atoms with Crippen LogP contribution in [0.15, 0.2) is 51.8 Å². The van der Waals surface area contributed by atoms with Crippen LogP contribution >= 0.6 is 27.7 Å². The van der Waals surface area contributed by atoms with E-state index in [1.165, 1.54) is 16.0 Å². The molecule has 0 heterocycles. The number of thioether (sulfide) groups is 1. The lowest BCUT2D eigenvalue weighted by Crippen LogP contribution is -1.91. The summed E-state index contributed by atoms with van der Waals surface area (Å²) < 4.78 is 1.01. The number of aryl methyl sites for hydroxylation is 1. The van der Waals surface area contributed by atoms with Gasteiger partial charge in [0.1, 0.15) is 0 Å². The number of nitrogens with two attached hydrogens (primary N) is 1.